The first-order chi connectivity index (χ1) is 5.00. The zero-order chi connectivity index (χ0) is 11.0. The van der Waals surface area contributed by atoms with Crippen LogP contribution in [0.1, 0.15) is 0 Å². The van der Waals surface area contributed by atoms with Crippen molar-refractivity contribution in [1.29, 1.82) is 0 Å². The third-order valence-electron chi connectivity index (χ3n) is 0. The predicted molar refractivity (Wildman–Crippen MR) is 37.7 cm³/mol. The second kappa shape index (κ2) is 20.2. The summed E-state index contributed by atoms with van der Waals surface area (Å²) in [6.07, 6.45) is 0. The summed E-state index contributed by atoms with van der Waals surface area (Å²) in [5.74, 6) is 0. The first-order valence-electron chi connectivity index (χ1n) is 1.66. The second-order valence-corrected chi connectivity index (χ2v) is 2.68. The number of rotatable bonds is 0. The maximum Gasteiger partial charge on any atom is 2.00 e. The van der Waals surface area contributed by atoms with Gasteiger partial charge in [-0.25, -0.2) is 0 Å². The summed E-state index contributed by atoms with van der Waals surface area (Å²) in [5.41, 5.74) is 0. The van der Waals surface area contributed by atoms with Crippen molar-refractivity contribution in [2.75, 3.05) is 0 Å². The quantitative estimate of drug-likeness (QED) is 0.183. The third kappa shape index (κ3) is 296. The molecule has 0 fully saturated rings. The Morgan fingerprint density at radius 3 is 0.600 bits per heavy atom. The van der Waals surface area contributed by atoms with Crippen LogP contribution in [0.5, 0.6) is 0 Å². The van der Waals surface area contributed by atoms with Crippen molar-refractivity contribution in [1.82, 2.24) is 0 Å². The molecule has 15 heavy (non-hydrogen) atoms. The molecule has 0 radical (unpaired) electrons. The van der Waals surface area contributed by atoms with Crippen molar-refractivity contribution in [2.24, 2.45) is 0 Å². The second-order valence-electron chi connectivity index (χ2n) is 0.894. The molecule has 0 saturated heterocycles. The fraction of sp³-hybridized carbons (Fsp3) is 0. The summed E-state index contributed by atoms with van der Waals surface area (Å²) in [5, 5.41) is 12.0. The van der Waals surface area contributed by atoms with Gasteiger partial charge in [-0.05, 0) is 0 Å². The van der Waals surface area contributed by atoms with Crippen LogP contribution in [0.15, 0.2) is 0 Å². The summed E-state index contributed by atoms with van der Waals surface area (Å²) in [7, 11) is -10.8. The third-order valence-corrected chi connectivity index (χ3v) is 0. The van der Waals surface area contributed by atoms with Crippen molar-refractivity contribution in [3.8, 4) is 0 Å². The van der Waals surface area contributed by atoms with Crippen LogP contribution in [0.4, 0.5) is 0 Å². The van der Waals surface area contributed by atoms with E-state index in [1.807, 2.05) is 0 Å². The van der Waals surface area contributed by atoms with Crippen molar-refractivity contribution in [3.05, 3.63) is 0 Å². The number of hydrogen-bond acceptors (Lipinski definition) is 10. The van der Waals surface area contributed by atoms with Gasteiger partial charge in [0.15, 0.2) is 0 Å². The summed E-state index contributed by atoms with van der Waals surface area (Å²) >= 11 is 0. The van der Waals surface area contributed by atoms with Gasteiger partial charge in [0.2, 0.25) is 0 Å². The minimum absolute atomic E-state index is 0. The molecule has 0 aromatic heterocycles. The summed E-state index contributed by atoms with van der Waals surface area (Å²) in [6, 6.07) is 0. The first-order valence-corrected chi connectivity index (χ1v) is 4.58. The maximum atomic E-state index is 8.55. The molecule has 0 saturated carbocycles. The Hall–Kier alpha value is 3.92. The maximum absolute atomic E-state index is 8.55. The summed E-state index contributed by atoms with van der Waals surface area (Å²) < 4.78 is 17.1. The minimum Gasteiger partial charge on any atom is -0.822 e. The van der Waals surface area contributed by atoms with Crippen LogP contribution in [0.3, 0.4) is 0 Å². The summed E-state index contributed by atoms with van der Waals surface area (Å²) in [6.45, 7) is 0. The Bertz CT molecular complexity index is 131. The Morgan fingerprint density at radius 1 is 0.600 bits per heavy atom. The molecule has 0 heterocycles. The van der Waals surface area contributed by atoms with Crippen molar-refractivity contribution in [2.45, 2.75) is 0 Å². The molecule has 0 aliphatic carbocycles. The topological polar surface area (TPSA) is 213 Å². The number of hydrogen-bond donors (Lipinski definition) is 2. The van der Waals surface area contributed by atoms with Gasteiger partial charge in [-0.3, -0.25) is 10.5 Å². The van der Waals surface area contributed by atoms with Gasteiger partial charge in [-0.1, -0.05) is 0 Å². The fourth-order valence-electron chi connectivity index (χ4n) is 0. The van der Waals surface area contributed by atoms with Gasteiger partial charge in [-0.15, -0.1) is 0 Å². The molecule has 2 N–H and O–H groups in total. The largest absolute Gasteiger partial charge is 2.00 e. The molecule has 10 nitrogen and oxygen atoms in total. The molecule has 0 aliphatic heterocycles. The van der Waals surface area contributed by atoms with Crippen LogP contribution in [0.2, 0.25) is 0 Å². The first kappa shape index (κ1) is 36.4. The molecule has 0 amide bonds. The van der Waals surface area contributed by atoms with E-state index in [-0.39, 0.29) is 113 Å². The van der Waals surface area contributed by atoms with Crippen LogP contribution in [0.25, 0.3) is 0 Å². The molecule has 0 atom stereocenters. The van der Waals surface area contributed by atoms with Crippen LogP contribution < -0.4 is 29.4 Å². The van der Waals surface area contributed by atoms with E-state index in [0.717, 1.165) is 0 Å². The Labute approximate surface area is 174 Å². The van der Waals surface area contributed by atoms with Crippen LogP contribution >= 0.6 is 15.6 Å². The van der Waals surface area contributed by atoms with E-state index in [9.17, 15) is 0 Å². The Kier molecular flexibility index (Phi) is 49.1. The standard InChI is InChI=1S/3Ca.2H3O4P.H2O2/c;;;2*1-5(2,3)4;1-2/h;;;2*(H3,1,2,3,4);1-2H/q3*+2;;;/p-6. The average molecular weight is 344 g/mol. The van der Waals surface area contributed by atoms with E-state index in [0.29, 0.717) is 0 Å². The molecule has 0 rings (SSSR count). The van der Waals surface area contributed by atoms with E-state index in [4.69, 9.17) is 49.0 Å². The van der Waals surface area contributed by atoms with E-state index in [2.05, 4.69) is 0 Å². The molecule has 15 heteroatoms. The van der Waals surface area contributed by atoms with E-state index < -0.39 is 15.6 Å². The van der Waals surface area contributed by atoms with E-state index in [1.165, 1.54) is 0 Å². The van der Waals surface area contributed by atoms with Gasteiger partial charge in [0.1, 0.15) is 0 Å². The van der Waals surface area contributed by atoms with Gasteiger partial charge >= 0.3 is 113 Å². The van der Waals surface area contributed by atoms with Crippen LogP contribution in [-0.4, -0.2) is 124 Å². The van der Waals surface area contributed by atoms with Crippen LogP contribution in [0, 0.1) is 0 Å². The molecule has 0 aromatic rings. The molecule has 78 valence electrons. The van der Waals surface area contributed by atoms with Gasteiger partial charge in [0.25, 0.3) is 0 Å². The Balaban J connectivity index is -0.0000000197. The van der Waals surface area contributed by atoms with Gasteiger partial charge in [-0.2, -0.15) is 15.6 Å². The van der Waals surface area contributed by atoms with Gasteiger partial charge < -0.3 is 38.5 Å². The zero-order valence-corrected chi connectivity index (χ0v) is 15.6. The monoisotopic (exact) mass is 344 g/mol. The number of phosphoric acid groups is 2. The zero-order valence-electron chi connectivity index (χ0n) is 7.18. The fourth-order valence-corrected chi connectivity index (χ4v) is 0. The van der Waals surface area contributed by atoms with Crippen molar-refractivity contribution < 1.29 is 49.0 Å². The van der Waals surface area contributed by atoms with Crippen molar-refractivity contribution >= 4 is 129 Å². The Morgan fingerprint density at radius 2 is 0.600 bits per heavy atom. The molecule has 0 unspecified atom stereocenters. The summed E-state index contributed by atoms with van der Waals surface area (Å²) in [4.78, 5) is 51.3. The van der Waals surface area contributed by atoms with Crippen LogP contribution in [-0.2, 0) is 9.13 Å². The normalized spacial score (nSPS) is 8.27. The van der Waals surface area contributed by atoms with E-state index in [1.54, 1.807) is 0 Å². The molecule has 0 aliphatic rings. The SMILES string of the molecule is O=P([O-])([O-])[O-].O=P([O-])([O-])[O-].OO.[Ca+2].[Ca+2].[Ca+2]. The molecular formula is H2Ca3O10P2. The van der Waals surface area contributed by atoms with E-state index >= 15 is 0 Å². The van der Waals surface area contributed by atoms with Gasteiger partial charge in [0, 0.05) is 0 Å². The average Bonchev–Trinajstić information content (AvgIpc) is 1.59. The van der Waals surface area contributed by atoms with Crippen molar-refractivity contribution in [3.63, 3.8) is 0 Å². The molecule has 0 bridgehead atoms. The molecular weight excluding hydrogens is 342 g/mol. The molecule has 0 aromatic carbocycles. The minimum atomic E-state index is -5.39. The smallest absolute Gasteiger partial charge is 0.822 e. The van der Waals surface area contributed by atoms with Gasteiger partial charge in [0.05, 0.1) is 0 Å². The molecule has 0 spiro atoms. The predicted octanol–water partition coefficient (Wildman–Crippen LogP) is -6.77.